The first-order valence-electron chi connectivity index (χ1n) is 5.31. The number of benzene rings is 1. The van der Waals surface area contributed by atoms with E-state index in [1.54, 1.807) is 7.11 Å². The normalized spacial score (nSPS) is 18.8. The van der Waals surface area contributed by atoms with E-state index in [9.17, 15) is 0 Å². The van der Waals surface area contributed by atoms with Crippen LogP contribution in [0, 0.1) is 0 Å². The summed E-state index contributed by atoms with van der Waals surface area (Å²) >= 11 is 0. The van der Waals surface area contributed by atoms with Crippen molar-refractivity contribution in [1.29, 1.82) is 0 Å². The van der Waals surface area contributed by atoms with Crippen molar-refractivity contribution in [2.24, 2.45) is 0 Å². The third-order valence-corrected chi connectivity index (χ3v) is 3.31. The fraction of sp³-hybridized carbons (Fsp3) is 0.538. The molecule has 0 heterocycles. The van der Waals surface area contributed by atoms with Crippen LogP contribution in [0.2, 0.25) is 0 Å². The molecule has 1 nitrogen and oxygen atoms in total. The van der Waals surface area contributed by atoms with E-state index < -0.39 is 0 Å². The van der Waals surface area contributed by atoms with Crippen molar-refractivity contribution in [2.75, 3.05) is 7.11 Å². The lowest BCUT2D eigenvalue weighted by molar-refractivity contribution is 0.386. The molecule has 0 fully saturated rings. The summed E-state index contributed by atoms with van der Waals surface area (Å²) in [7, 11) is 1.76. The maximum absolute atomic E-state index is 5.41. The molecule has 0 saturated heterocycles. The highest BCUT2D eigenvalue weighted by atomic mass is 16.5. The molecule has 76 valence electrons. The molecule has 1 aliphatic rings. The van der Waals surface area contributed by atoms with Gasteiger partial charge in [0, 0.05) is 0 Å². The van der Waals surface area contributed by atoms with Gasteiger partial charge in [-0.2, -0.15) is 0 Å². The van der Waals surface area contributed by atoms with Gasteiger partial charge in [-0.25, -0.2) is 0 Å². The summed E-state index contributed by atoms with van der Waals surface area (Å²) in [6, 6.07) is 6.42. The highest BCUT2D eigenvalue weighted by Gasteiger charge is 2.28. The molecule has 0 spiro atoms. The molecule has 14 heavy (non-hydrogen) atoms. The topological polar surface area (TPSA) is 9.23 Å². The minimum atomic E-state index is 0.322. The van der Waals surface area contributed by atoms with Crippen molar-refractivity contribution in [2.45, 2.75) is 38.5 Å². The van der Waals surface area contributed by atoms with Crippen LogP contribution in [-0.2, 0) is 11.8 Å². The monoisotopic (exact) mass is 190 g/mol. The average Bonchev–Trinajstić information content (AvgIpc) is 2.17. The standard InChI is InChI=1S/C13H18O/c1-13(2)9-5-6-10-11(13)7-4-8-12(10)14-3/h4,7-8H,5-6,9H2,1-3H3. The molecule has 0 atom stereocenters. The quantitative estimate of drug-likeness (QED) is 0.660. The molecular weight excluding hydrogens is 172 g/mol. The fourth-order valence-electron chi connectivity index (χ4n) is 2.49. The second kappa shape index (κ2) is 3.30. The van der Waals surface area contributed by atoms with Gasteiger partial charge in [-0.1, -0.05) is 26.0 Å². The summed E-state index contributed by atoms with van der Waals surface area (Å²) in [5, 5.41) is 0. The molecule has 0 aromatic heterocycles. The van der Waals surface area contributed by atoms with E-state index >= 15 is 0 Å². The Labute approximate surface area is 86.1 Å². The van der Waals surface area contributed by atoms with Gasteiger partial charge in [0.15, 0.2) is 0 Å². The van der Waals surface area contributed by atoms with Crippen LogP contribution < -0.4 is 4.74 Å². The predicted molar refractivity (Wildman–Crippen MR) is 59.0 cm³/mol. The van der Waals surface area contributed by atoms with Crippen molar-refractivity contribution in [1.82, 2.24) is 0 Å². The maximum Gasteiger partial charge on any atom is 0.122 e. The third-order valence-electron chi connectivity index (χ3n) is 3.31. The van der Waals surface area contributed by atoms with E-state index in [0.29, 0.717) is 5.41 Å². The van der Waals surface area contributed by atoms with Crippen LogP contribution in [-0.4, -0.2) is 7.11 Å². The van der Waals surface area contributed by atoms with E-state index in [1.807, 2.05) is 0 Å². The second-order valence-electron chi connectivity index (χ2n) is 4.72. The summed E-state index contributed by atoms with van der Waals surface area (Å²) in [4.78, 5) is 0. The number of hydrogen-bond donors (Lipinski definition) is 0. The van der Waals surface area contributed by atoms with Gasteiger partial charge in [0.2, 0.25) is 0 Å². The third kappa shape index (κ3) is 1.41. The Bertz CT molecular complexity index is 339. The summed E-state index contributed by atoms with van der Waals surface area (Å²) < 4.78 is 5.41. The number of methoxy groups -OCH3 is 1. The van der Waals surface area contributed by atoms with Crippen LogP contribution in [0.5, 0.6) is 5.75 Å². The first-order valence-corrected chi connectivity index (χ1v) is 5.31. The summed E-state index contributed by atoms with van der Waals surface area (Å²) in [5.74, 6) is 1.07. The summed E-state index contributed by atoms with van der Waals surface area (Å²) in [6.07, 6.45) is 3.73. The molecule has 1 aromatic carbocycles. The van der Waals surface area contributed by atoms with Crippen molar-refractivity contribution >= 4 is 0 Å². The minimum absolute atomic E-state index is 0.322. The molecule has 1 aromatic rings. The molecule has 0 saturated carbocycles. The molecule has 0 aliphatic heterocycles. The molecule has 0 amide bonds. The van der Waals surface area contributed by atoms with E-state index in [1.165, 1.54) is 30.4 Å². The zero-order chi connectivity index (χ0) is 10.2. The van der Waals surface area contributed by atoms with Gasteiger partial charge in [0.1, 0.15) is 5.75 Å². The first-order chi connectivity index (χ1) is 6.65. The summed E-state index contributed by atoms with van der Waals surface area (Å²) in [6.45, 7) is 4.65. The lowest BCUT2D eigenvalue weighted by atomic mass is 9.72. The van der Waals surface area contributed by atoms with Crippen molar-refractivity contribution in [3.05, 3.63) is 29.3 Å². The SMILES string of the molecule is COc1cccc2c1CCCC2(C)C. The summed E-state index contributed by atoms with van der Waals surface area (Å²) in [5.41, 5.74) is 3.22. The van der Waals surface area contributed by atoms with Crippen molar-refractivity contribution in [3.63, 3.8) is 0 Å². The molecule has 2 rings (SSSR count). The van der Waals surface area contributed by atoms with Gasteiger partial charge in [-0.3, -0.25) is 0 Å². The molecule has 0 radical (unpaired) electrons. The Morgan fingerprint density at radius 3 is 2.79 bits per heavy atom. The van der Waals surface area contributed by atoms with Gasteiger partial charge in [0.25, 0.3) is 0 Å². The molecule has 0 unspecified atom stereocenters. The van der Waals surface area contributed by atoms with Gasteiger partial charge in [-0.15, -0.1) is 0 Å². The van der Waals surface area contributed by atoms with Gasteiger partial charge < -0.3 is 4.74 Å². The number of rotatable bonds is 1. The van der Waals surface area contributed by atoms with Gasteiger partial charge in [0.05, 0.1) is 7.11 Å². The highest BCUT2D eigenvalue weighted by Crippen LogP contribution is 2.40. The van der Waals surface area contributed by atoms with Crippen LogP contribution in [0.15, 0.2) is 18.2 Å². The first kappa shape index (κ1) is 9.57. The zero-order valence-electron chi connectivity index (χ0n) is 9.26. The van der Waals surface area contributed by atoms with Gasteiger partial charge in [-0.05, 0) is 41.9 Å². The smallest absolute Gasteiger partial charge is 0.122 e. The van der Waals surface area contributed by atoms with Crippen LogP contribution in [0.4, 0.5) is 0 Å². The highest BCUT2D eigenvalue weighted by molar-refractivity contribution is 5.45. The predicted octanol–water partition coefficient (Wildman–Crippen LogP) is 3.31. The number of fused-ring (bicyclic) bond motifs is 1. The van der Waals surface area contributed by atoms with Crippen LogP contribution in [0.1, 0.15) is 37.8 Å². The Hall–Kier alpha value is -0.980. The van der Waals surface area contributed by atoms with E-state index in [4.69, 9.17) is 4.74 Å². The lowest BCUT2D eigenvalue weighted by Crippen LogP contribution is -2.24. The molecule has 1 heteroatoms. The zero-order valence-corrected chi connectivity index (χ0v) is 9.26. The van der Waals surface area contributed by atoms with Crippen molar-refractivity contribution in [3.8, 4) is 5.75 Å². The molecular formula is C13H18O. The van der Waals surface area contributed by atoms with Crippen LogP contribution in [0.25, 0.3) is 0 Å². The number of hydrogen-bond acceptors (Lipinski definition) is 1. The average molecular weight is 190 g/mol. The van der Waals surface area contributed by atoms with E-state index in [0.717, 1.165) is 5.75 Å². The Balaban J connectivity index is 2.55. The van der Waals surface area contributed by atoms with Crippen LogP contribution in [0.3, 0.4) is 0 Å². The van der Waals surface area contributed by atoms with Crippen molar-refractivity contribution < 1.29 is 4.74 Å². The van der Waals surface area contributed by atoms with Gasteiger partial charge >= 0.3 is 0 Å². The number of ether oxygens (including phenoxy) is 1. The maximum atomic E-state index is 5.41. The molecule has 1 aliphatic carbocycles. The van der Waals surface area contributed by atoms with E-state index in [-0.39, 0.29) is 0 Å². The molecule has 0 bridgehead atoms. The Morgan fingerprint density at radius 2 is 2.07 bits per heavy atom. The second-order valence-corrected chi connectivity index (χ2v) is 4.72. The largest absolute Gasteiger partial charge is 0.496 e. The Kier molecular flexibility index (Phi) is 2.26. The minimum Gasteiger partial charge on any atom is -0.496 e. The fourth-order valence-corrected chi connectivity index (χ4v) is 2.49. The van der Waals surface area contributed by atoms with E-state index in [2.05, 4.69) is 32.0 Å². The van der Waals surface area contributed by atoms with Crippen LogP contribution >= 0.6 is 0 Å². The Morgan fingerprint density at radius 1 is 1.29 bits per heavy atom. The molecule has 0 N–H and O–H groups in total. The lowest BCUT2D eigenvalue weighted by Gasteiger charge is -2.33.